The summed E-state index contributed by atoms with van der Waals surface area (Å²) in [6.07, 6.45) is 12.9. The van der Waals surface area contributed by atoms with E-state index in [0.29, 0.717) is 47.2 Å². The number of unbranched alkanes of at least 4 members (excludes halogenated alkanes) is 1. The topological polar surface area (TPSA) is 109 Å². The van der Waals surface area contributed by atoms with Crippen molar-refractivity contribution in [2.75, 3.05) is 22.5 Å². The molecule has 4 aliphatic carbocycles. The summed E-state index contributed by atoms with van der Waals surface area (Å²) < 4.78 is 0. The number of aromatic nitrogens is 3. The van der Waals surface area contributed by atoms with Crippen molar-refractivity contribution in [2.45, 2.75) is 107 Å². The normalized spacial score (nSPS) is 28.6. The van der Waals surface area contributed by atoms with Crippen LogP contribution in [0.25, 0.3) is 12.2 Å². The van der Waals surface area contributed by atoms with Crippen molar-refractivity contribution in [1.82, 2.24) is 15.0 Å². The van der Waals surface area contributed by atoms with Gasteiger partial charge in [-0.1, -0.05) is 98.9 Å². The Morgan fingerprint density at radius 3 is 1.49 bits per heavy atom. The molecule has 8 heteroatoms. The number of hydrogen-bond donors (Lipinski definition) is 3. The van der Waals surface area contributed by atoms with Crippen LogP contribution in [0.3, 0.4) is 0 Å². The highest BCUT2D eigenvalue weighted by atomic mass is 16.1. The Kier molecular flexibility index (Phi) is 9.65. The molecule has 280 valence electrons. The van der Waals surface area contributed by atoms with Crippen LogP contribution in [0.15, 0.2) is 59.7 Å². The summed E-state index contributed by atoms with van der Waals surface area (Å²) in [6, 6.07) is 16.2. The Morgan fingerprint density at radius 1 is 0.679 bits per heavy atom. The molecule has 4 bridgehead atoms. The number of carbonyl (C=O) groups is 2. The van der Waals surface area contributed by atoms with Gasteiger partial charge < -0.3 is 16.0 Å². The second-order valence-electron chi connectivity index (χ2n) is 17.7. The van der Waals surface area contributed by atoms with Gasteiger partial charge in [-0.05, 0) is 119 Å². The van der Waals surface area contributed by atoms with Crippen molar-refractivity contribution in [1.29, 1.82) is 0 Å². The molecule has 4 aliphatic rings. The first-order valence-electron chi connectivity index (χ1n) is 20.0. The maximum Gasteiger partial charge on any atom is 0.233 e. The number of benzene rings is 2. The Bertz CT molecular complexity index is 1820. The third-order valence-electron chi connectivity index (χ3n) is 14.4. The quantitative estimate of drug-likeness (QED) is 0.150. The van der Waals surface area contributed by atoms with Crippen molar-refractivity contribution >= 4 is 52.9 Å². The van der Waals surface area contributed by atoms with Crippen LogP contribution in [0.2, 0.25) is 0 Å². The zero-order valence-corrected chi connectivity index (χ0v) is 33.0. The van der Waals surface area contributed by atoms with E-state index in [-0.39, 0.29) is 21.7 Å². The Balaban J connectivity index is 1.09. The van der Waals surface area contributed by atoms with Gasteiger partial charge >= 0.3 is 0 Å². The molecule has 3 aromatic rings. The number of nitrogens with one attached hydrogen (secondary N) is 3. The molecule has 2 aromatic carbocycles. The highest BCUT2D eigenvalue weighted by Crippen LogP contribution is 2.66. The molecule has 5 atom stereocenters. The standard InChI is InChI=1S/C45H58N6O2/c1-9-11-12-28(10-2)27-46-39-49-40(47-31-17-13-29(14-18-31)25-33-35-21-23-44(7,37(33)52)42(35,3)4)51-41(50-39)48-32-19-15-30(16-20-32)26-34-36-22-24-45(8,38(34)53)43(36,5)6/h13-20,25-26,28,35-36H,9-12,21-24,27H2,1-8H3,(H3,46,47,48,49,50,51)/b33-25-,34-26-. The van der Waals surface area contributed by atoms with Crippen LogP contribution in [0.4, 0.5) is 29.2 Å². The number of hydrogen-bond acceptors (Lipinski definition) is 8. The highest BCUT2D eigenvalue weighted by Gasteiger charge is 2.64. The monoisotopic (exact) mass is 714 g/mol. The number of fused-ring (bicyclic) bond motifs is 4. The molecular weight excluding hydrogens is 657 g/mol. The van der Waals surface area contributed by atoms with Crippen LogP contribution in [0, 0.1) is 39.4 Å². The van der Waals surface area contributed by atoms with Gasteiger partial charge in [-0.3, -0.25) is 9.59 Å². The molecule has 1 aromatic heterocycles. The molecule has 4 saturated carbocycles. The second-order valence-corrected chi connectivity index (χ2v) is 17.7. The molecule has 53 heavy (non-hydrogen) atoms. The minimum atomic E-state index is -0.264. The Morgan fingerprint density at radius 2 is 1.11 bits per heavy atom. The van der Waals surface area contributed by atoms with Gasteiger partial charge in [0.15, 0.2) is 11.6 Å². The number of anilines is 5. The zero-order chi connectivity index (χ0) is 37.8. The van der Waals surface area contributed by atoms with Crippen LogP contribution in [-0.4, -0.2) is 33.1 Å². The van der Waals surface area contributed by atoms with Crippen molar-refractivity contribution in [3.8, 4) is 0 Å². The van der Waals surface area contributed by atoms with Crippen molar-refractivity contribution in [2.24, 2.45) is 39.4 Å². The minimum absolute atomic E-state index is 0.00797. The predicted molar refractivity (Wildman–Crippen MR) is 216 cm³/mol. The maximum absolute atomic E-state index is 13.4. The molecule has 8 nitrogen and oxygen atoms in total. The first-order valence-corrected chi connectivity index (χ1v) is 20.0. The van der Waals surface area contributed by atoms with E-state index >= 15 is 0 Å². The van der Waals surface area contributed by atoms with E-state index in [4.69, 9.17) is 15.0 Å². The summed E-state index contributed by atoms with van der Waals surface area (Å²) in [4.78, 5) is 41.1. The minimum Gasteiger partial charge on any atom is -0.354 e. The van der Waals surface area contributed by atoms with E-state index in [9.17, 15) is 9.59 Å². The molecule has 0 amide bonds. The Labute approximate surface area is 316 Å². The summed E-state index contributed by atoms with van der Waals surface area (Å²) in [5.74, 6) is 3.16. The molecule has 0 radical (unpaired) electrons. The zero-order valence-electron chi connectivity index (χ0n) is 33.0. The molecule has 5 unspecified atom stereocenters. The number of rotatable bonds is 13. The van der Waals surface area contributed by atoms with E-state index in [0.717, 1.165) is 72.3 Å². The molecule has 0 spiro atoms. The van der Waals surface area contributed by atoms with Crippen LogP contribution >= 0.6 is 0 Å². The summed E-state index contributed by atoms with van der Waals surface area (Å²) in [5, 5.41) is 10.3. The number of Topliss-reactive ketones (excluding diaryl/α,β-unsaturated/α-hetero) is 2. The number of carbonyl (C=O) groups excluding carboxylic acids is 2. The summed E-state index contributed by atoms with van der Waals surface area (Å²) in [7, 11) is 0. The Hall–Kier alpha value is -4.33. The first kappa shape index (κ1) is 37.0. The molecule has 4 fully saturated rings. The summed E-state index contributed by atoms with van der Waals surface area (Å²) in [5.41, 5.74) is 5.13. The van der Waals surface area contributed by atoms with E-state index in [1.54, 1.807) is 0 Å². The van der Waals surface area contributed by atoms with Gasteiger partial charge in [-0.25, -0.2) is 0 Å². The van der Waals surface area contributed by atoms with Gasteiger partial charge in [0, 0.05) is 28.7 Å². The summed E-state index contributed by atoms with van der Waals surface area (Å²) in [6.45, 7) is 18.6. The molecule has 0 aliphatic heterocycles. The number of nitrogens with zero attached hydrogens (tertiary/aromatic N) is 3. The fourth-order valence-electron chi connectivity index (χ4n) is 9.88. The van der Waals surface area contributed by atoms with Crippen molar-refractivity contribution in [3.05, 3.63) is 70.8 Å². The van der Waals surface area contributed by atoms with Gasteiger partial charge in [0.05, 0.1) is 0 Å². The average molecular weight is 715 g/mol. The van der Waals surface area contributed by atoms with E-state index < -0.39 is 0 Å². The highest BCUT2D eigenvalue weighted by molar-refractivity contribution is 6.08. The number of ketones is 2. The lowest BCUT2D eigenvalue weighted by Gasteiger charge is -2.31. The summed E-state index contributed by atoms with van der Waals surface area (Å²) >= 11 is 0. The lowest BCUT2D eigenvalue weighted by atomic mass is 9.70. The first-order chi connectivity index (χ1) is 25.2. The van der Waals surface area contributed by atoms with Gasteiger partial charge in [-0.15, -0.1) is 0 Å². The third kappa shape index (κ3) is 6.40. The van der Waals surface area contributed by atoms with E-state index in [1.807, 2.05) is 48.5 Å². The maximum atomic E-state index is 13.4. The van der Waals surface area contributed by atoms with Crippen LogP contribution in [0.5, 0.6) is 0 Å². The molecule has 7 rings (SSSR count). The van der Waals surface area contributed by atoms with Crippen molar-refractivity contribution in [3.63, 3.8) is 0 Å². The van der Waals surface area contributed by atoms with Crippen LogP contribution < -0.4 is 16.0 Å². The van der Waals surface area contributed by atoms with Gasteiger partial charge in [0.25, 0.3) is 0 Å². The molecule has 3 N–H and O–H groups in total. The van der Waals surface area contributed by atoms with Gasteiger partial charge in [-0.2, -0.15) is 15.0 Å². The van der Waals surface area contributed by atoms with Gasteiger partial charge in [0.1, 0.15) is 0 Å². The fraction of sp³-hybridized carbons (Fsp3) is 0.533. The second kappa shape index (κ2) is 13.8. The number of allylic oxidation sites excluding steroid dienone is 2. The van der Waals surface area contributed by atoms with E-state index in [2.05, 4.69) is 83.5 Å². The van der Waals surface area contributed by atoms with E-state index in [1.165, 1.54) is 19.3 Å². The fourth-order valence-corrected chi connectivity index (χ4v) is 9.88. The molecule has 0 saturated heterocycles. The largest absolute Gasteiger partial charge is 0.354 e. The SMILES string of the molecule is CCCCC(CC)CNc1nc(Nc2ccc(/C=C3\C(=O)C4(C)CCC3C4(C)C)cc2)nc(Nc2ccc(/C=C3\C(=O)C4(C)CCC3C4(C)C)cc2)n1. The molecular formula is C45H58N6O2. The average Bonchev–Trinajstić information content (AvgIpc) is 3.62. The van der Waals surface area contributed by atoms with Crippen LogP contribution in [0.1, 0.15) is 118 Å². The van der Waals surface area contributed by atoms with Crippen molar-refractivity contribution < 1.29 is 9.59 Å². The van der Waals surface area contributed by atoms with Crippen LogP contribution in [-0.2, 0) is 9.59 Å². The lowest BCUT2D eigenvalue weighted by molar-refractivity contribution is -0.126. The molecule has 1 heterocycles. The smallest absolute Gasteiger partial charge is 0.233 e. The lowest BCUT2D eigenvalue weighted by Crippen LogP contribution is -2.32. The van der Waals surface area contributed by atoms with Gasteiger partial charge in [0.2, 0.25) is 17.8 Å². The predicted octanol–water partition coefficient (Wildman–Crippen LogP) is 10.8. The third-order valence-corrected chi connectivity index (χ3v) is 14.4.